The summed E-state index contributed by atoms with van der Waals surface area (Å²) in [5, 5.41) is 22.8. The molecule has 0 spiro atoms. The van der Waals surface area contributed by atoms with Crippen molar-refractivity contribution in [2.24, 2.45) is 0 Å². The number of H-pyrrole nitrogens is 1. The molecule has 2 aliphatic carbocycles. The van der Waals surface area contributed by atoms with Crippen LogP contribution in [0.15, 0.2) is 6.20 Å². The van der Waals surface area contributed by atoms with E-state index < -0.39 is 6.10 Å². The van der Waals surface area contributed by atoms with Crippen LogP contribution in [0.25, 0.3) is 0 Å². The van der Waals surface area contributed by atoms with E-state index >= 15 is 0 Å². The Balaban J connectivity index is 1.50. The van der Waals surface area contributed by atoms with Gasteiger partial charge in [-0.2, -0.15) is 5.10 Å². The Morgan fingerprint density at radius 1 is 1.30 bits per heavy atom. The van der Waals surface area contributed by atoms with Crippen molar-refractivity contribution >= 4 is 6.03 Å². The number of nitrogens with zero attached hydrogens (tertiary/aromatic N) is 1. The van der Waals surface area contributed by atoms with Crippen molar-refractivity contribution in [3.63, 3.8) is 0 Å². The van der Waals surface area contributed by atoms with Crippen LogP contribution in [0.4, 0.5) is 4.79 Å². The molecule has 1 saturated carbocycles. The lowest BCUT2D eigenvalue weighted by Crippen LogP contribution is -2.52. The molecule has 2 amide bonds. The zero-order valence-electron chi connectivity index (χ0n) is 11.6. The maximum absolute atomic E-state index is 12.0. The fourth-order valence-electron chi connectivity index (χ4n) is 3.21. The highest BCUT2D eigenvalue weighted by molar-refractivity contribution is 5.74. The highest BCUT2D eigenvalue weighted by Gasteiger charge is 2.26. The van der Waals surface area contributed by atoms with E-state index in [1.165, 1.54) is 11.3 Å². The Bertz CT molecular complexity index is 473. The van der Waals surface area contributed by atoms with Gasteiger partial charge in [-0.15, -0.1) is 0 Å². The lowest BCUT2D eigenvalue weighted by Gasteiger charge is -2.30. The first-order valence-corrected chi connectivity index (χ1v) is 7.48. The molecule has 1 aromatic rings. The van der Waals surface area contributed by atoms with E-state index in [1.807, 2.05) is 6.20 Å². The smallest absolute Gasteiger partial charge is 0.315 e. The van der Waals surface area contributed by atoms with E-state index in [-0.39, 0.29) is 18.1 Å². The fourth-order valence-corrected chi connectivity index (χ4v) is 3.21. The summed E-state index contributed by atoms with van der Waals surface area (Å²) in [5.74, 6) is 0. The predicted molar refractivity (Wildman–Crippen MR) is 74.3 cm³/mol. The number of aliphatic hydroxyl groups is 1. The number of aryl methyl sites for hydroxylation is 1. The monoisotopic (exact) mass is 278 g/mol. The minimum Gasteiger partial charge on any atom is -0.391 e. The van der Waals surface area contributed by atoms with E-state index in [4.69, 9.17) is 0 Å². The zero-order chi connectivity index (χ0) is 13.9. The molecule has 3 rings (SSSR count). The molecule has 0 aromatic carbocycles. The van der Waals surface area contributed by atoms with Crippen molar-refractivity contribution in [2.45, 2.75) is 63.1 Å². The number of nitrogens with one attached hydrogen (secondary N) is 3. The van der Waals surface area contributed by atoms with Crippen LogP contribution in [0.5, 0.6) is 0 Å². The molecule has 20 heavy (non-hydrogen) atoms. The van der Waals surface area contributed by atoms with Crippen LogP contribution in [-0.2, 0) is 12.8 Å². The van der Waals surface area contributed by atoms with Gasteiger partial charge in [0.25, 0.3) is 0 Å². The average molecular weight is 278 g/mol. The Kier molecular flexibility index (Phi) is 3.91. The van der Waals surface area contributed by atoms with Gasteiger partial charge in [0.2, 0.25) is 0 Å². The van der Waals surface area contributed by atoms with Gasteiger partial charge in [0, 0.05) is 11.7 Å². The fraction of sp³-hybridized carbons (Fsp3) is 0.714. The second-order valence-corrected chi connectivity index (χ2v) is 5.89. The lowest BCUT2D eigenvalue weighted by molar-refractivity contribution is 0.0939. The number of aliphatic hydroxyl groups excluding tert-OH is 1. The summed E-state index contributed by atoms with van der Waals surface area (Å²) in [4.78, 5) is 12.0. The zero-order valence-corrected chi connectivity index (χ0v) is 11.6. The third-order valence-electron chi connectivity index (χ3n) is 4.40. The molecule has 2 aliphatic rings. The maximum atomic E-state index is 12.0. The second-order valence-electron chi connectivity index (χ2n) is 5.89. The first-order chi connectivity index (χ1) is 9.72. The van der Waals surface area contributed by atoms with Gasteiger partial charge in [-0.3, -0.25) is 5.10 Å². The van der Waals surface area contributed by atoms with Crippen LogP contribution in [0.2, 0.25) is 0 Å². The molecule has 1 aromatic heterocycles. The SMILES string of the molecule is O=C(NC1CCc2[nH]ncc2C1)NC1CCCCC1O. The third-order valence-corrected chi connectivity index (χ3v) is 4.40. The Morgan fingerprint density at radius 3 is 3.00 bits per heavy atom. The number of amides is 2. The summed E-state index contributed by atoms with van der Waals surface area (Å²) >= 11 is 0. The van der Waals surface area contributed by atoms with Crippen LogP contribution in [0.1, 0.15) is 43.4 Å². The summed E-state index contributed by atoms with van der Waals surface area (Å²) in [7, 11) is 0. The first kappa shape index (κ1) is 13.4. The van der Waals surface area contributed by atoms with Gasteiger partial charge in [-0.25, -0.2) is 4.79 Å². The summed E-state index contributed by atoms with van der Waals surface area (Å²) in [5.41, 5.74) is 2.38. The van der Waals surface area contributed by atoms with Gasteiger partial charge in [0.05, 0.1) is 18.3 Å². The number of rotatable bonds is 2. The second kappa shape index (κ2) is 5.83. The van der Waals surface area contributed by atoms with E-state index in [0.717, 1.165) is 44.9 Å². The number of hydrogen-bond acceptors (Lipinski definition) is 3. The molecule has 0 saturated heterocycles. The van der Waals surface area contributed by atoms with E-state index in [9.17, 15) is 9.90 Å². The van der Waals surface area contributed by atoms with Crippen molar-refractivity contribution in [2.75, 3.05) is 0 Å². The number of aromatic nitrogens is 2. The minimum atomic E-state index is -0.402. The Morgan fingerprint density at radius 2 is 2.15 bits per heavy atom. The van der Waals surface area contributed by atoms with Gasteiger partial charge in [0.1, 0.15) is 0 Å². The van der Waals surface area contributed by atoms with Crippen molar-refractivity contribution in [1.29, 1.82) is 0 Å². The molecule has 1 heterocycles. The molecule has 0 radical (unpaired) electrons. The Hall–Kier alpha value is -1.56. The number of hydrogen-bond donors (Lipinski definition) is 4. The van der Waals surface area contributed by atoms with Gasteiger partial charge in [-0.1, -0.05) is 12.8 Å². The summed E-state index contributed by atoms with van der Waals surface area (Å²) < 4.78 is 0. The number of aromatic amines is 1. The number of fused-ring (bicyclic) bond motifs is 1. The van der Waals surface area contributed by atoms with Crippen molar-refractivity contribution in [1.82, 2.24) is 20.8 Å². The average Bonchev–Trinajstić information content (AvgIpc) is 2.89. The molecule has 6 nitrogen and oxygen atoms in total. The standard InChI is InChI=1S/C14H22N4O2/c19-13-4-2-1-3-12(13)17-14(20)16-10-5-6-11-9(7-10)8-15-18-11/h8,10,12-13,19H,1-7H2,(H,15,18)(H2,16,17,20). The van der Waals surface area contributed by atoms with Crippen molar-refractivity contribution < 1.29 is 9.90 Å². The molecule has 3 atom stereocenters. The number of urea groups is 1. The largest absolute Gasteiger partial charge is 0.391 e. The molecule has 6 heteroatoms. The number of carbonyl (C=O) groups is 1. The molecule has 0 bridgehead atoms. The van der Waals surface area contributed by atoms with Crippen molar-refractivity contribution in [3.05, 3.63) is 17.5 Å². The van der Waals surface area contributed by atoms with Crippen LogP contribution in [0.3, 0.4) is 0 Å². The topological polar surface area (TPSA) is 90.0 Å². The summed E-state index contributed by atoms with van der Waals surface area (Å²) in [6.45, 7) is 0. The lowest BCUT2D eigenvalue weighted by atomic mass is 9.92. The quantitative estimate of drug-likeness (QED) is 0.647. The van der Waals surface area contributed by atoms with Crippen molar-refractivity contribution in [3.8, 4) is 0 Å². The molecule has 3 unspecified atom stereocenters. The predicted octanol–water partition coefficient (Wildman–Crippen LogP) is 0.870. The van der Waals surface area contributed by atoms with Gasteiger partial charge in [-0.05, 0) is 37.7 Å². The summed E-state index contributed by atoms with van der Waals surface area (Å²) in [6, 6.07) is -0.106. The molecular weight excluding hydrogens is 256 g/mol. The molecule has 0 aliphatic heterocycles. The van der Waals surface area contributed by atoms with Gasteiger partial charge < -0.3 is 15.7 Å². The number of carbonyl (C=O) groups excluding carboxylic acids is 1. The summed E-state index contributed by atoms with van der Waals surface area (Å²) in [6.07, 6.45) is 7.89. The van der Waals surface area contributed by atoms with Crippen LogP contribution >= 0.6 is 0 Å². The van der Waals surface area contributed by atoms with E-state index in [1.54, 1.807) is 0 Å². The normalized spacial score (nSPS) is 29.6. The molecular formula is C14H22N4O2. The van der Waals surface area contributed by atoms with Crippen LogP contribution < -0.4 is 10.6 Å². The highest BCUT2D eigenvalue weighted by Crippen LogP contribution is 2.20. The minimum absolute atomic E-state index is 0.100. The Labute approximate surface area is 118 Å². The highest BCUT2D eigenvalue weighted by atomic mass is 16.3. The van der Waals surface area contributed by atoms with E-state index in [0.29, 0.717) is 0 Å². The van der Waals surface area contributed by atoms with Gasteiger partial charge >= 0.3 is 6.03 Å². The van der Waals surface area contributed by atoms with Gasteiger partial charge in [0.15, 0.2) is 0 Å². The third kappa shape index (κ3) is 2.95. The maximum Gasteiger partial charge on any atom is 0.315 e. The molecule has 110 valence electrons. The molecule has 1 fully saturated rings. The van der Waals surface area contributed by atoms with Crippen LogP contribution in [-0.4, -0.2) is 39.5 Å². The van der Waals surface area contributed by atoms with E-state index in [2.05, 4.69) is 20.8 Å². The first-order valence-electron chi connectivity index (χ1n) is 7.48. The molecule has 4 N–H and O–H groups in total. The van der Waals surface area contributed by atoms with Crippen LogP contribution in [0, 0.1) is 0 Å².